The van der Waals surface area contributed by atoms with E-state index in [1.54, 1.807) is 0 Å². The lowest BCUT2D eigenvalue weighted by Gasteiger charge is -2.17. The number of nitro groups is 1. The Morgan fingerprint density at radius 1 is 1.52 bits per heavy atom. The summed E-state index contributed by atoms with van der Waals surface area (Å²) in [6.07, 6.45) is 2.73. The second-order valence-corrected chi connectivity index (χ2v) is 7.58. The van der Waals surface area contributed by atoms with E-state index in [0.29, 0.717) is 16.5 Å². The molecule has 6 nitrogen and oxygen atoms in total. The van der Waals surface area contributed by atoms with Crippen LogP contribution in [-0.4, -0.2) is 10.8 Å². The van der Waals surface area contributed by atoms with Crippen molar-refractivity contribution in [2.75, 3.05) is 5.32 Å². The molecular weight excluding hydrogens is 362 g/mol. The van der Waals surface area contributed by atoms with Crippen molar-refractivity contribution in [1.82, 2.24) is 0 Å². The van der Waals surface area contributed by atoms with Crippen LogP contribution < -0.4 is 5.32 Å². The van der Waals surface area contributed by atoms with Crippen molar-refractivity contribution in [2.45, 2.75) is 26.2 Å². The number of fused-ring (bicyclic) bond motifs is 1. The molecule has 1 heterocycles. The third-order valence-corrected chi connectivity index (χ3v) is 5.69. The molecule has 1 aromatic heterocycles. The first-order valence-electron chi connectivity index (χ1n) is 7.70. The summed E-state index contributed by atoms with van der Waals surface area (Å²) >= 11 is 7.25. The Balaban J connectivity index is 1.96. The number of amides is 1. The number of nitrogens with one attached hydrogen (secondary N) is 1. The van der Waals surface area contributed by atoms with Gasteiger partial charge in [0.15, 0.2) is 0 Å². The summed E-state index contributed by atoms with van der Waals surface area (Å²) < 4.78 is 0. The molecule has 1 N–H and O–H groups in total. The Morgan fingerprint density at radius 2 is 2.28 bits per heavy atom. The fraction of sp³-hybridized carbons (Fsp3) is 0.294. The van der Waals surface area contributed by atoms with E-state index in [1.165, 1.54) is 29.5 Å². The first-order valence-corrected chi connectivity index (χ1v) is 8.90. The van der Waals surface area contributed by atoms with E-state index in [1.807, 2.05) is 0 Å². The summed E-state index contributed by atoms with van der Waals surface area (Å²) in [6.45, 7) is 2.13. The number of nitriles is 1. The Labute approximate surface area is 153 Å². The van der Waals surface area contributed by atoms with Crippen LogP contribution >= 0.6 is 22.9 Å². The highest BCUT2D eigenvalue weighted by Gasteiger charge is 2.27. The molecule has 2 aromatic rings. The second kappa shape index (κ2) is 6.82. The molecule has 1 aromatic carbocycles. The number of thiophene rings is 1. The van der Waals surface area contributed by atoms with Gasteiger partial charge in [-0.3, -0.25) is 14.9 Å². The van der Waals surface area contributed by atoms with Crippen LogP contribution in [0.15, 0.2) is 18.2 Å². The summed E-state index contributed by atoms with van der Waals surface area (Å²) in [5, 5.41) is 24.0. The summed E-state index contributed by atoms with van der Waals surface area (Å²) in [5.41, 5.74) is 1.00. The maximum atomic E-state index is 12.6. The molecule has 0 unspecified atom stereocenters. The van der Waals surface area contributed by atoms with Gasteiger partial charge in [0.05, 0.1) is 10.5 Å². The number of halogens is 1. The molecule has 0 saturated heterocycles. The number of carbonyl (C=O) groups is 1. The third-order valence-electron chi connectivity index (χ3n) is 4.25. The van der Waals surface area contributed by atoms with Gasteiger partial charge >= 0.3 is 0 Å². The second-order valence-electron chi connectivity index (χ2n) is 6.04. The van der Waals surface area contributed by atoms with Gasteiger partial charge in [-0.25, -0.2) is 0 Å². The zero-order chi connectivity index (χ0) is 18.1. The number of carbonyl (C=O) groups excluding carboxylic acids is 1. The minimum absolute atomic E-state index is 0.124. The standard InChI is InChI=1S/C17H14ClN3O3S/c1-9-2-5-15-11(6-9)13(8-19)17(25-15)20-16(22)12-7-10(18)3-4-14(12)21(23)24/h3-4,7,9H,2,5-6H2,1H3,(H,20,22)/t9-/m1/s1. The Bertz CT molecular complexity index is 917. The summed E-state index contributed by atoms with van der Waals surface area (Å²) in [6, 6.07) is 5.99. The van der Waals surface area contributed by atoms with E-state index < -0.39 is 10.8 Å². The SMILES string of the molecule is C[C@@H]1CCc2sc(NC(=O)c3cc(Cl)ccc3[N+](=O)[O-])c(C#N)c2C1. The Hall–Kier alpha value is -2.43. The lowest BCUT2D eigenvalue weighted by atomic mass is 9.88. The smallest absolute Gasteiger partial charge is 0.282 e. The molecule has 128 valence electrons. The molecule has 0 saturated carbocycles. The lowest BCUT2D eigenvalue weighted by Crippen LogP contribution is -2.14. The number of nitrogens with zero attached hydrogens (tertiary/aromatic N) is 2. The van der Waals surface area contributed by atoms with Crippen molar-refractivity contribution in [3.63, 3.8) is 0 Å². The fourth-order valence-corrected chi connectivity index (χ4v) is 4.35. The van der Waals surface area contributed by atoms with Crippen LogP contribution in [0.1, 0.15) is 39.7 Å². The van der Waals surface area contributed by atoms with Gasteiger partial charge in [-0.2, -0.15) is 5.26 Å². The summed E-state index contributed by atoms with van der Waals surface area (Å²) in [7, 11) is 0. The van der Waals surface area contributed by atoms with Crippen LogP contribution in [-0.2, 0) is 12.8 Å². The largest absolute Gasteiger partial charge is 0.312 e. The third kappa shape index (κ3) is 3.36. The maximum absolute atomic E-state index is 12.6. The Kier molecular flexibility index (Phi) is 4.75. The van der Waals surface area contributed by atoms with Gasteiger partial charge in [0.2, 0.25) is 0 Å². The number of hydrogen-bond acceptors (Lipinski definition) is 5. The van der Waals surface area contributed by atoms with E-state index in [4.69, 9.17) is 11.6 Å². The number of benzene rings is 1. The van der Waals surface area contributed by atoms with Gasteiger partial charge in [-0.1, -0.05) is 18.5 Å². The molecule has 1 aliphatic rings. The van der Waals surface area contributed by atoms with Gasteiger partial charge < -0.3 is 5.32 Å². The molecular formula is C17H14ClN3O3S. The van der Waals surface area contributed by atoms with E-state index in [2.05, 4.69) is 18.3 Å². The van der Waals surface area contributed by atoms with Crippen molar-refractivity contribution in [1.29, 1.82) is 5.26 Å². The van der Waals surface area contributed by atoms with Gasteiger partial charge in [0.1, 0.15) is 16.6 Å². The molecule has 0 spiro atoms. The zero-order valence-corrected chi connectivity index (χ0v) is 14.9. The molecule has 0 fully saturated rings. The minimum atomic E-state index is -0.641. The number of anilines is 1. The molecule has 0 aliphatic heterocycles. The highest BCUT2D eigenvalue weighted by molar-refractivity contribution is 7.16. The highest BCUT2D eigenvalue weighted by atomic mass is 35.5. The maximum Gasteiger partial charge on any atom is 0.282 e. The quantitative estimate of drug-likeness (QED) is 0.628. The number of nitro benzene ring substituents is 1. The van der Waals surface area contributed by atoms with Gasteiger partial charge in [0, 0.05) is 16.0 Å². The van der Waals surface area contributed by atoms with Crippen LogP contribution in [0, 0.1) is 27.4 Å². The first kappa shape index (κ1) is 17.4. The van der Waals surface area contributed by atoms with Crippen LogP contribution in [0.3, 0.4) is 0 Å². The predicted molar refractivity (Wildman–Crippen MR) is 96.3 cm³/mol. The number of aryl methyl sites for hydroxylation is 1. The molecule has 25 heavy (non-hydrogen) atoms. The molecule has 1 aliphatic carbocycles. The van der Waals surface area contributed by atoms with Crippen LogP contribution in [0.5, 0.6) is 0 Å². The molecule has 1 amide bonds. The van der Waals surface area contributed by atoms with E-state index in [-0.39, 0.29) is 16.3 Å². The fourth-order valence-electron chi connectivity index (χ4n) is 2.98. The van der Waals surface area contributed by atoms with Crippen LogP contribution in [0.4, 0.5) is 10.7 Å². The Morgan fingerprint density at radius 3 is 2.96 bits per heavy atom. The first-order chi connectivity index (χ1) is 11.9. The van der Waals surface area contributed by atoms with Crippen LogP contribution in [0.2, 0.25) is 5.02 Å². The average Bonchev–Trinajstić information content (AvgIpc) is 2.90. The topological polar surface area (TPSA) is 96.0 Å². The monoisotopic (exact) mass is 375 g/mol. The van der Waals surface area contributed by atoms with Crippen LogP contribution in [0.25, 0.3) is 0 Å². The van der Waals surface area contributed by atoms with Crippen molar-refractivity contribution >= 4 is 39.5 Å². The van der Waals surface area contributed by atoms with Gasteiger partial charge in [-0.05, 0) is 42.9 Å². The zero-order valence-electron chi connectivity index (χ0n) is 13.3. The van der Waals surface area contributed by atoms with E-state index in [0.717, 1.165) is 29.7 Å². The predicted octanol–water partition coefficient (Wildman–Crippen LogP) is 4.56. The van der Waals surface area contributed by atoms with Gasteiger partial charge in [0.25, 0.3) is 11.6 Å². The lowest BCUT2D eigenvalue weighted by molar-refractivity contribution is -0.385. The number of hydrogen-bond donors (Lipinski definition) is 1. The van der Waals surface area contributed by atoms with E-state index >= 15 is 0 Å². The molecule has 0 bridgehead atoms. The van der Waals surface area contributed by atoms with Crippen molar-refractivity contribution in [2.24, 2.45) is 5.92 Å². The van der Waals surface area contributed by atoms with Crippen molar-refractivity contribution in [3.8, 4) is 6.07 Å². The molecule has 8 heteroatoms. The van der Waals surface area contributed by atoms with E-state index in [9.17, 15) is 20.2 Å². The van der Waals surface area contributed by atoms with Gasteiger partial charge in [-0.15, -0.1) is 11.3 Å². The van der Waals surface area contributed by atoms with Crippen molar-refractivity contribution in [3.05, 3.63) is 54.9 Å². The molecule has 1 atom stereocenters. The number of rotatable bonds is 3. The average molecular weight is 376 g/mol. The summed E-state index contributed by atoms with van der Waals surface area (Å²) in [4.78, 5) is 24.2. The van der Waals surface area contributed by atoms with Crippen molar-refractivity contribution < 1.29 is 9.72 Å². The summed E-state index contributed by atoms with van der Waals surface area (Å²) in [5.74, 6) is -0.149. The molecule has 0 radical (unpaired) electrons. The highest BCUT2D eigenvalue weighted by Crippen LogP contribution is 2.39. The normalized spacial score (nSPS) is 16.0. The minimum Gasteiger partial charge on any atom is -0.312 e. The molecule has 3 rings (SSSR count).